The van der Waals surface area contributed by atoms with E-state index in [0.29, 0.717) is 22.8 Å². The molecule has 0 bridgehead atoms. The molecule has 6 unspecified atom stereocenters. The molecule has 706 valence electrons. The van der Waals surface area contributed by atoms with Crippen molar-refractivity contribution in [2.45, 2.75) is 177 Å². The first kappa shape index (κ1) is 93.6. The number of carbonyl (C=O) groups excluding carboxylic acids is 5. The van der Waals surface area contributed by atoms with E-state index in [1.807, 2.05) is 48.5 Å². The molecule has 10 heterocycles. The molecular weight excluding hydrogens is 2040 g/mol. The van der Waals surface area contributed by atoms with E-state index in [2.05, 4.69) is 221 Å². The zero-order valence-corrected chi connectivity index (χ0v) is 84.2. The number of rotatable bonds is 15. The molecule has 9 N–H and O–H groups in total. The fraction of sp³-hybridized carbons (Fsp3) is 0.306. The molecule has 138 heavy (non-hydrogen) atoms. The number of hydrogen-bond acceptors (Lipinski definition) is 12. The largest absolute Gasteiger partial charge is 0.497 e. The van der Waals surface area contributed by atoms with Crippen LogP contribution in [0, 0.1) is 10.8 Å². The molecule has 24 nitrogen and oxygen atoms in total. The van der Waals surface area contributed by atoms with Gasteiger partial charge in [-0.15, -0.1) is 0 Å². The number of furan rings is 1. The Kier molecular flexibility index (Phi) is 27.7. The van der Waals surface area contributed by atoms with Crippen molar-refractivity contribution in [1.29, 1.82) is 0 Å². The number of aromatic nitrogens is 8. The van der Waals surface area contributed by atoms with E-state index in [1.165, 1.54) is 125 Å². The number of methoxy groups -OCH3 is 1. The van der Waals surface area contributed by atoms with Gasteiger partial charge in [0.2, 0.25) is 11.7 Å². The number of ketones is 1. The minimum atomic E-state index is -0.227. The van der Waals surface area contributed by atoms with Crippen LogP contribution in [0.3, 0.4) is 0 Å². The van der Waals surface area contributed by atoms with Crippen LogP contribution in [0.2, 0.25) is 10.0 Å². The quantitative estimate of drug-likeness (QED) is 0.0201. The smallest absolute Gasteiger partial charge is 0.421 e. The summed E-state index contributed by atoms with van der Waals surface area (Å²) in [5, 5.41) is 25.8. The number of fused-ring (bicyclic) bond motifs is 18. The topological polar surface area (TPSA) is 314 Å². The molecule has 30 heteroatoms. The maximum absolute atomic E-state index is 12.8. The third-order valence-corrected chi connectivity index (χ3v) is 30.7. The number of hydrogen-bond donors (Lipinski definition) is 9. The Balaban J connectivity index is 0.000000102. The molecule has 4 amide bonds. The second kappa shape index (κ2) is 40.8. The Bertz CT molecular complexity index is 7490. The van der Waals surface area contributed by atoms with Gasteiger partial charge in [-0.1, -0.05) is 109 Å². The zero-order valence-electron chi connectivity index (χ0n) is 76.4. The van der Waals surface area contributed by atoms with Crippen molar-refractivity contribution in [2.75, 3.05) is 27.8 Å². The van der Waals surface area contributed by atoms with E-state index in [0.717, 1.165) is 219 Å². The van der Waals surface area contributed by atoms with Crippen LogP contribution in [0.5, 0.6) is 5.75 Å². The molecule has 7 aromatic carbocycles. The Morgan fingerprint density at radius 2 is 0.986 bits per heavy atom. The summed E-state index contributed by atoms with van der Waals surface area (Å²) in [6, 6.07) is 51.7. The van der Waals surface area contributed by atoms with Gasteiger partial charge in [0.05, 0.1) is 60.6 Å². The molecule has 0 radical (unpaired) electrons. The van der Waals surface area contributed by atoms with E-state index in [1.54, 1.807) is 56.8 Å². The van der Waals surface area contributed by atoms with Gasteiger partial charge in [-0.3, -0.25) is 24.0 Å². The van der Waals surface area contributed by atoms with Crippen molar-refractivity contribution >= 4 is 194 Å². The molecular formula is C108H103Br4Cl2N14O10+. The summed E-state index contributed by atoms with van der Waals surface area (Å²) in [5.74, 6) is 1.92. The van der Waals surface area contributed by atoms with Crippen molar-refractivity contribution in [3.05, 3.63) is 323 Å². The third kappa shape index (κ3) is 19.8. The van der Waals surface area contributed by atoms with Gasteiger partial charge in [0, 0.05) is 192 Å². The summed E-state index contributed by atoms with van der Waals surface area (Å²) in [5.41, 5.74) is 25.9. The lowest BCUT2D eigenvalue weighted by molar-refractivity contribution is -0.444. The van der Waals surface area contributed by atoms with Crippen molar-refractivity contribution in [3.63, 3.8) is 0 Å². The van der Waals surface area contributed by atoms with E-state index < -0.39 is 0 Å². The highest BCUT2D eigenvalue weighted by atomic mass is 79.9. The fourth-order valence-electron chi connectivity index (χ4n) is 21.5. The van der Waals surface area contributed by atoms with Crippen LogP contribution in [0.4, 0.5) is 5.88 Å². The van der Waals surface area contributed by atoms with Crippen LogP contribution in [-0.2, 0) is 53.0 Å². The van der Waals surface area contributed by atoms with E-state index in [4.69, 9.17) is 41.7 Å². The normalized spacial score (nSPS) is 18.8. The summed E-state index contributed by atoms with van der Waals surface area (Å²) < 4.78 is 22.7. The molecule has 16 aromatic rings. The molecule has 0 spiro atoms. The van der Waals surface area contributed by atoms with Gasteiger partial charge in [-0.25, -0.2) is 0 Å². The van der Waals surface area contributed by atoms with Crippen molar-refractivity contribution in [2.24, 2.45) is 11.1 Å². The summed E-state index contributed by atoms with van der Waals surface area (Å²) in [4.78, 5) is 101. The van der Waals surface area contributed by atoms with Crippen LogP contribution in [0.1, 0.15) is 243 Å². The van der Waals surface area contributed by atoms with E-state index in [-0.39, 0.29) is 82.8 Å². The first-order valence-corrected chi connectivity index (χ1v) is 51.3. The number of amides is 4. The Morgan fingerprint density at radius 1 is 0.522 bits per heavy atom. The van der Waals surface area contributed by atoms with Crippen molar-refractivity contribution in [3.8, 4) is 5.75 Å². The first-order valence-electron chi connectivity index (χ1n) is 47.3. The monoisotopic (exact) mass is 2140 g/mol. The van der Waals surface area contributed by atoms with Gasteiger partial charge in [0.15, 0.2) is 18.6 Å². The molecule has 0 saturated heterocycles. The van der Waals surface area contributed by atoms with Crippen LogP contribution >= 0.6 is 86.9 Å². The molecule has 1 saturated carbocycles. The van der Waals surface area contributed by atoms with E-state index in [9.17, 15) is 28.9 Å². The minimum absolute atomic E-state index is 0.00970. The maximum Gasteiger partial charge on any atom is 0.421 e. The maximum atomic E-state index is 12.8. The number of H-pyrrole nitrogens is 6. The van der Waals surface area contributed by atoms with Gasteiger partial charge in [0.1, 0.15) is 12.9 Å². The summed E-state index contributed by atoms with van der Waals surface area (Å²) in [6.45, 7) is 0.755. The summed E-state index contributed by atoms with van der Waals surface area (Å²) in [6.07, 6.45) is 34.0. The summed E-state index contributed by atoms with van der Waals surface area (Å²) in [7, 11) is 4.52. The standard InChI is InChI=1S/C20H19ClN2O2.C19H18BrN2O3.C19H17ClN2O.C18H18BrN3O.C16H14BrN3O2.C16H17BrN2O/c1-25-14-8-5-12(6-9-14)20(24)23-18-4-2-3-15-16-11-13(21)7-10-17(16)22-19(15)18;1-22(24)18-8-7-17(25-18)16(23)9-11-3-2-4-13-14-10-12(20)5-6-15(14)21-19(11)13;20-12-7-8-16-15(9-12)14-5-2-6-17(18(14)21-16)22-10-11-3-1-4-13(11)19(22)23;1-23-20-10-12-7-8-22(11-12)17-4-2-3-14-15-9-13(19)5-6-16(15)21-18(14)17;17-9-4-5-12-11(8-9)10-2-1-3-13(15(10)19-12)20-16(21)14-6-7-18-22-14;17-10-6-7-13-12(8-10)11-2-1-3-14(15(11)18-13)19-16(20)9-4-5-9/h5-11,18,22H,2-4H2,1H3,(H,23,24);5-8,10-11,21H,2-4,9H2,1H3;1,3,7-9,17,21H,2,4-6,10H2;5-11,17,21H,2-4H2,1H3;4-8,13,19H,1-3H2,(H,20,21);6-9,14,18H,1-5H2,(H,19,20)/q;+1;;;;/b;;;20-10+;;. The lowest BCUT2D eigenvalue weighted by Crippen LogP contribution is -2.34. The molecule has 9 aliphatic rings. The second-order valence-electron chi connectivity index (χ2n) is 36.9. The predicted octanol–water partition coefficient (Wildman–Crippen LogP) is 26.4. The number of nitrogens with one attached hydrogen (secondary N) is 9. The first-order chi connectivity index (χ1) is 67.1. The number of aryl methyl sites for hydroxylation is 6. The number of halogens is 6. The fourth-order valence-corrected chi connectivity index (χ4v) is 23.3. The molecule has 6 atom stereocenters. The van der Waals surface area contributed by atoms with Gasteiger partial charge >= 0.3 is 5.88 Å². The molecule has 9 aromatic heterocycles. The van der Waals surface area contributed by atoms with Crippen LogP contribution < -0.4 is 20.7 Å². The highest BCUT2D eigenvalue weighted by molar-refractivity contribution is 9.11. The minimum Gasteiger partial charge on any atom is -0.497 e. The van der Waals surface area contributed by atoms with Gasteiger partial charge in [-0.05, 0) is 319 Å². The number of Topliss-reactive ketones (excluding diaryl/α,β-unsaturated/α-hetero) is 1. The van der Waals surface area contributed by atoms with E-state index >= 15 is 0 Å². The highest BCUT2D eigenvalue weighted by Gasteiger charge is 2.40. The van der Waals surface area contributed by atoms with Gasteiger partial charge < -0.3 is 73.8 Å². The molecule has 25 rings (SSSR count). The lowest BCUT2D eigenvalue weighted by atomic mass is 9.83. The van der Waals surface area contributed by atoms with Crippen molar-refractivity contribution in [1.82, 2.24) is 60.5 Å². The molecule has 1 fully saturated rings. The summed E-state index contributed by atoms with van der Waals surface area (Å²) >= 11 is 26.5. The number of nitroso groups, excluding NO2 is 1. The second-order valence-corrected chi connectivity index (χ2v) is 41.5. The van der Waals surface area contributed by atoms with Gasteiger partial charge in [0.25, 0.3) is 17.7 Å². The van der Waals surface area contributed by atoms with Gasteiger partial charge in [-0.2, -0.15) is 0 Å². The number of aromatic amines is 6. The Morgan fingerprint density at radius 3 is 1.48 bits per heavy atom. The number of oxime groups is 1. The average molecular weight is 2150 g/mol. The van der Waals surface area contributed by atoms with Crippen LogP contribution in [0.15, 0.2) is 232 Å². The Labute approximate surface area is 839 Å². The SMILES string of the molecule is CO/N=C/c1ccn(C2CCCc3c2[nH]c2ccc(Br)cc32)c1.COc1ccc(C(=O)NC2CCCc3c2[nH]c2ccc(Cl)cc32)cc1.C[N+](=O)c1ccc(C(=O)CC2CCCc3c2[nH]c2ccc(Br)cc32)o1.O=C(NC1CCCc2c1[nH]c1ccc(Br)cc21)C1CC1.O=C(NC1CCCc2c1[nH]c1ccc(Br)cc21)c1ccno1.O=C1C2=C(C=CC2)CN1C1CCCc2c1[nH]c1ccc(Cl)cc21. The third-order valence-electron chi connectivity index (χ3n) is 28.2. The number of allylic oxidation sites excluding steroid dienone is 1. The predicted molar refractivity (Wildman–Crippen MR) is 554 cm³/mol. The molecule has 1 aliphatic heterocycles. The van der Waals surface area contributed by atoms with Crippen molar-refractivity contribution < 1.29 is 47.2 Å². The Hall–Kier alpha value is -12.1. The van der Waals surface area contributed by atoms with Crippen LogP contribution in [-0.4, -0.2) is 113 Å². The zero-order chi connectivity index (χ0) is 95.1. The average Bonchev–Trinajstić information content (AvgIpc) is 1.58. The number of carbonyl (C=O) groups is 5. The molecule has 8 aliphatic carbocycles. The highest BCUT2D eigenvalue weighted by Crippen LogP contribution is 2.47. The lowest BCUT2D eigenvalue weighted by Gasteiger charge is -2.32. The number of ether oxygens (including phenoxy) is 1. The number of benzene rings is 7. The number of nitrogens with zero attached hydrogens (tertiary/aromatic N) is 5. The van der Waals surface area contributed by atoms with Crippen LogP contribution in [0.25, 0.3) is 65.4 Å².